The van der Waals surface area contributed by atoms with Crippen LogP contribution in [-0.2, 0) is 14.3 Å². The molecule has 3 aliphatic rings. The number of rotatable bonds is 1. The average molecular weight is 260 g/mol. The van der Waals surface area contributed by atoms with Gasteiger partial charge < -0.3 is 9.84 Å². The molecular formula is C15H16O4. The Bertz CT molecular complexity index is 579. The van der Waals surface area contributed by atoms with Crippen molar-refractivity contribution in [3.05, 3.63) is 34.6 Å². The third kappa shape index (κ3) is 1.59. The van der Waals surface area contributed by atoms with Gasteiger partial charge in [-0.05, 0) is 37.8 Å². The maximum atomic E-state index is 11.6. The molecule has 0 radical (unpaired) electrons. The molecule has 0 amide bonds. The number of aliphatic carboxylic acids is 1. The maximum Gasteiger partial charge on any atom is 0.339 e. The largest absolute Gasteiger partial charge is 0.481 e. The number of fused-ring (bicyclic) bond motifs is 2. The molecule has 3 rings (SSSR count). The molecule has 0 aromatic rings. The average Bonchev–Trinajstić information content (AvgIpc) is 2.61. The lowest BCUT2D eigenvalue weighted by Gasteiger charge is -2.42. The molecule has 0 unspecified atom stereocenters. The number of carbonyl (C=O) groups excluding carboxylic acids is 1. The van der Waals surface area contributed by atoms with Crippen molar-refractivity contribution < 1.29 is 19.4 Å². The van der Waals surface area contributed by atoms with Crippen LogP contribution in [0.25, 0.3) is 0 Å². The van der Waals surface area contributed by atoms with Gasteiger partial charge in [0.05, 0.1) is 5.92 Å². The van der Waals surface area contributed by atoms with Crippen molar-refractivity contribution in [1.29, 1.82) is 0 Å². The van der Waals surface area contributed by atoms with E-state index in [1.165, 1.54) is 0 Å². The van der Waals surface area contributed by atoms with Crippen LogP contribution in [0.5, 0.6) is 0 Å². The number of carboxylic acid groups (broad SMARTS) is 1. The van der Waals surface area contributed by atoms with Gasteiger partial charge in [0.25, 0.3) is 0 Å². The fraction of sp³-hybridized carbons (Fsp3) is 0.467. The zero-order valence-electron chi connectivity index (χ0n) is 11.0. The lowest BCUT2D eigenvalue weighted by atomic mass is 9.61. The Hall–Kier alpha value is -1.84. The van der Waals surface area contributed by atoms with Crippen molar-refractivity contribution in [3.63, 3.8) is 0 Å². The van der Waals surface area contributed by atoms with Gasteiger partial charge in [-0.1, -0.05) is 13.0 Å². The second kappa shape index (κ2) is 3.83. The normalized spacial score (nSPS) is 33.2. The molecule has 100 valence electrons. The molecule has 1 N–H and O–H groups in total. The van der Waals surface area contributed by atoms with Crippen LogP contribution in [0.4, 0.5) is 0 Å². The molecule has 0 aromatic heterocycles. The van der Waals surface area contributed by atoms with Gasteiger partial charge in [0.1, 0.15) is 5.76 Å². The van der Waals surface area contributed by atoms with E-state index in [9.17, 15) is 14.7 Å². The number of hydrogen-bond donors (Lipinski definition) is 1. The summed E-state index contributed by atoms with van der Waals surface area (Å²) in [7, 11) is 0. The molecule has 4 nitrogen and oxygen atoms in total. The molecular weight excluding hydrogens is 244 g/mol. The van der Waals surface area contributed by atoms with E-state index in [1.807, 2.05) is 13.0 Å². The van der Waals surface area contributed by atoms with Crippen molar-refractivity contribution in [2.24, 2.45) is 11.3 Å². The molecule has 1 aliphatic heterocycles. The minimum Gasteiger partial charge on any atom is -0.481 e. The lowest BCUT2D eigenvalue weighted by Crippen LogP contribution is -2.39. The van der Waals surface area contributed by atoms with Gasteiger partial charge in [-0.25, -0.2) is 4.79 Å². The fourth-order valence-corrected chi connectivity index (χ4v) is 3.39. The number of esters is 1. The second-order valence-electron chi connectivity index (χ2n) is 5.72. The third-order valence-electron chi connectivity index (χ3n) is 4.64. The SMILES string of the molecule is CC1=C2C[C@@]3(C)C(=CCC[C@@H]3C(=O)O)C=C2OC1=O. The molecule has 0 saturated heterocycles. The molecule has 0 saturated carbocycles. The first-order chi connectivity index (χ1) is 8.93. The molecule has 4 heteroatoms. The number of ether oxygens (including phenoxy) is 1. The van der Waals surface area contributed by atoms with Gasteiger partial charge in [0.2, 0.25) is 0 Å². The molecule has 2 aliphatic carbocycles. The van der Waals surface area contributed by atoms with Gasteiger partial charge in [0, 0.05) is 16.6 Å². The van der Waals surface area contributed by atoms with Crippen LogP contribution < -0.4 is 0 Å². The fourth-order valence-electron chi connectivity index (χ4n) is 3.39. The zero-order valence-corrected chi connectivity index (χ0v) is 11.0. The first-order valence-electron chi connectivity index (χ1n) is 6.51. The van der Waals surface area contributed by atoms with Crippen LogP contribution in [0.15, 0.2) is 34.6 Å². The van der Waals surface area contributed by atoms with E-state index in [0.29, 0.717) is 24.2 Å². The van der Waals surface area contributed by atoms with Gasteiger partial charge >= 0.3 is 11.9 Å². The molecule has 0 aromatic carbocycles. The lowest BCUT2D eigenvalue weighted by molar-refractivity contribution is -0.146. The molecule has 0 spiro atoms. The van der Waals surface area contributed by atoms with E-state index in [1.54, 1.807) is 6.92 Å². The van der Waals surface area contributed by atoms with Crippen LogP contribution in [0.3, 0.4) is 0 Å². The summed E-state index contributed by atoms with van der Waals surface area (Å²) in [6.07, 6.45) is 5.91. The van der Waals surface area contributed by atoms with E-state index >= 15 is 0 Å². The van der Waals surface area contributed by atoms with Crippen LogP contribution in [0, 0.1) is 11.3 Å². The number of carboxylic acids is 1. The Morgan fingerprint density at radius 3 is 2.95 bits per heavy atom. The van der Waals surface area contributed by atoms with Crippen LogP contribution in [-0.4, -0.2) is 17.0 Å². The summed E-state index contributed by atoms with van der Waals surface area (Å²) < 4.78 is 5.23. The van der Waals surface area contributed by atoms with E-state index in [0.717, 1.165) is 17.6 Å². The first kappa shape index (κ1) is 12.2. The topological polar surface area (TPSA) is 63.6 Å². The van der Waals surface area contributed by atoms with Gasteiger partial charge in [0.15, 0.2) is 0 Å². The highest BCUT2D eigenvalue weighted by Crippen LogP contribution is 2.53. The van der Waals surface area contributed by atoms with Crippen LogP contribution >= 0.6 is 0 Å². The van der Waals surface area contributed by atoms with Crippen molar-refractivity contribution in [2.45, 2.75) is 33.1 Å². The Morgan fingerprint density at radius 1 is 1.53 bits per heavy atom. The predicted octanol–water partition coefficient (Wildman–Crippen LogP) is 2.57. The van der Waals surface area contributed by atoms with Crippen molar-refractivity contribution >= 4 is 11.9 Å². The summed E-state index contributed by atoms with van der Waals surface area (Å²) in [6.45, 7) is 3.72. The van der Waals surface area contributed by atoms with Crippen molar-refractivity contribution in [2.75, 3.05) is 0 Å². The summed E-state index contributed by atoms with van der Waals surface area (Å²) in [6, 6.07) is 0. The second-order valence-corrected chi connectivity index (χ2v) is 5.72. The highest BCUT2D eigenvalue weighted by Gasteiger charge is 2.48. The molecule has 19 heavy (non-hydrogen) atoms. The smallest absolute Gasteiger partial charge is 0.339 e. The Morgan fingerprint density at radius 2 is 2.26 bits per heavy atom. The van der Waals surface area contributed by atoms with Crippen LogP contribution in [0.2, 0.25) is 0 Å². The van der Waals surface area contributed by atoms with Gasteiger partial charge in [-0.2, -0.15) is 0 Å². The maximum absolute atomic E-state index is 11.6. The standard InChI is InChI=1S/C15H16O4/c1-8-10-7-15(2)9(6-12(10)19-14(8)18)4-3-5-11(15)13(16)17/h4,6,11H,3,5,7H2,1-2H3,(H,16,17)/t11-,15+/m1/s1. The summed E-state index contributed by atoms with van der Waals surface area (Å²) in [5.74, 6) is -0.858. The quantitative estimate of drug-likeness (QED) is 0.736. The summed E-state index contributed by atoms with van der Waals surface area (Å²) in [5, 5.41) is 9.44. The highest BCUT2D eigenvalue weighted by molar-refractivity contribution is 5.94. The minimum absolute atomic E-state index is 0.309. The molecule has 0 fully saturated rings. The number of hydrogen-bond acceptors (Lipinski definition) is 3. The van der Waals surface area contributed by atoms with Crippen LogP contribution in [0.1, 0.15) is 33.1 Å². The van der Waals surface area contributed by atoms with E-state index < -0.39 is 17.3 Å². The Balaban J connectivity index is 2.13. The Kier molecular flexibility index (Phi) is 2.46. The van der Waals surface area contributed by atoms with Gasteiger partial charge in [-0.3, -0.25) is 4.79 Å². The first-order valence-corrected chi connectivity index (χ1v) is 6.51. The predicted molar refractivity (Wildman–Crippen MR) is 68.0 cm³/mol. The monoisotopic (exact) mass is 260 g/mol. The van der Waals surface area contributed by atoms with Crippen molar-refractivity contribution in [1.82, 2.24) is 0 Å². The summed E-state index contributed by atoms with van der Waals surface area (Å²) in [5.41, 5.74) is 2.05. The van der Waals surface area contributed by atoms with E-state index in [2.05, 4.69) is 6.08 Å². The van der Waals surface area contributed by atoms with E-state index in [4.69, 9.17) is 4.74 Å². The van der Waals surface area contributed by atoms with Crippen molar-refractivity contribution in [3.8, 4) is 0 Å². The number of carbonyl (C=O) groups is 2. The van der Waals surface area contributed by atoms with Gasteiger partial charge in [-0.15, -0.1) is 0 Å². The number of allylic oxidation sites excluding steroid dienone is 4. The third-order valence-corrected chi connectivity index (χ3v) is 4.64. The van der Waals surface area contributed by atoms with E-state index in [-0.39, 0.29) is 5.97 Å². The zero-order chi connectivity index (χ0) is 13.8. The highest BCUT2D eigenvalue weighted by atomic mass is 16.5. The molecule has 1 heterocycles. The minimum atomic E-state index is -0.756. The summed E-state index contributed by atoms with van der Waals surface area (Å²) in [4.78, 5) is 23.1. The molecule has 2 atom stereocenters. The Labute approximate surface area is 111 Å². The summed E-state index contributed by atoms with van der Waals surface area (Å²) >= 11 is 0. The molecule has 0 bridgehead atoms.